The van der Waals surface area contributed by atoms with Crippen LogP contribution in [0, 0.1) is 11.3 Å². The van der Waals surface area contributed by atoms with E-state index in [1.165, 1.54) is 5.56 Å². The summed E-state index contributed by atoms with van der Waals surface area (Å²) in [6, 6.07) is 22.5. The fraction of sp³-hybridized carbons (Fsp3) is 0.174. The molecule has 0 aliphatic heterocycles. The summed E-state index contributed by atoms with van der Waals surface area (Å²) < 4.78 is 6.27. The molecule has 0 radical (unpaired) electrons. The number of benzene rings is 3. The molecule has 4 rings (SSSR count). The van der Waals surface area contributed by atoms with E-state index >= 15 is 0 Å². The lowest BCUT2D eigenvalue weighted by atomic mass is 9.86. The van der Waals surface area contributed by atoms with E-state index in [0.29, 0.717) is 5.56 Å². The first-order valence-electron chi connectivity index (χ1n) is 8.44. The minimum absolute atomic E-state index is 0.0864. The van der Waals surface area contributed by atoms with Gasteiger partial charge in [-0.05, 0) is 34.7 Å². The molecule has 0 saturated heterocycles. The van der Waals surface area contributed by atoms with E-state index in [9.17, 15) is 0 Å². The molecule has 122 valence electrons. The molecule has 2 nitrogen and oxygen atoms in total. The zero-order valence-corrected chi connectivity index (χ0v) is 14.6. The Morgan fingerprint density at radius 2 is 1.64 bits per heavy atom. The van der Waals surface area contributed by atoms with Gasteiger partial charge in [-0.25, -0.2) is 0 Å². The van der Waals surface area contributed by atoms with Crippen LogP contribution in [0.3, 0.4) is 0 Å². The first-order chi connectivity index (χ1) is 12.0. The van der Waals surface area contributed by atoms with Crippen LogP contribution in [0.1, 0.15) is 31.9 Å². The highest BCUT2D eigenvalue weighted by Crippen LogP contribution is 2.37. The number of hydrogen-bond donors (Lipinski definition) is 0. The van der Waals surface area contributed by atoms with Crippen molar-refractivity contribution in [3.8, 4) is 17.2 Å². The number of furan rings is 1. The van der Waals surface area contributed by atoms with Crippen molar-refractivity contribution >= 4 is 21.9 Å². The number of nitriles is 1. The van der Waals surface area contributed by atoms with E-state index in [1.807, 2.05) is 24.3 Å². The van der Waals surface area contributed by atoms with E-state index < -0.39 is 0 Å². The van der Waals surface area contributed by atoms with Gasteiger partial charge < -0.3 is 4.42 Å². The monoisotopic (exact) mass is 325 g/mol. The molecule has 0 amide bonds. The normalized spacial score (nSPS) is 11.8. The molecule has 1 heterocycles. The third-order valence-corrected chi connectivity index (χ3v) is 4.69. The quantitative estimate of drug-likeness (QED) is 0.405. The Morgan fingerprint density at radius 1 is 0.880 bits per heavy atom. The minimum Gasteiger partial charge on any atom is -0.455 e. The maximum Gasteiger partial charge on any atom is 0.143 e. The summed E-state index contributed by atoms with van der Waals surface area (Å²) in [4.78, 5) is 0. The predicted octanol–water partition coefficient (Wildman–Crippen LogP) is 6.42. The zero-order chi connectivity index (χ0) is 17.6. The van der Waals surface area contributed by atoms with Crippen molar-refractivity contribution in [2.75, 3.05) is 0 Å². The van der Waals surface area contributed by atoms with E-state index in [2.05, 4.69) is 63.2 Å². The molecule has 2 heteroatoms. The van der Waals surface area contributed by atoms with E-state index in [1.54, 1.807) is 0 Å². The molecule has 4 aromatic rings. The lowest BCUT2D eigenvalue weighted by molar-refractivity contribution is 0.587. The van der Waals surface area contributed by atoms with Gasteiger partial charge in [0.15, 0.2) is 0 Å². The van der Waals surface area contributed by atoms with Gasteiger partial charge in [-0.2, -0.15) is 5.26 Å². The molecular weight excluding hydrogens is 306 g/mol. The Labute approximate surface area is 147 Å². The summed E-state index contributed by atoms with van der Waals surface area (Å²) in [5, 5.41) is 11.2. The first-order valence-corrected chi connectivity index (χ1v) is 8.44. The maximum absolute atomic E-state index is 8.99. The Morgan fingerprint density at radius 3 is 2.32 bits per heavy atom. The second-order valence-electron chi connectivity index (χ2n) is 7.43. The Balaban J connectivity index is 1.96. The van der Waals surface area contributed by atoms with Crippen LogP contribution in [0.25, 0.3) is 33.1 Å². The fourth-order valence-corrected chi connectivity index (χ4v) is 3.22. The molecular formula is C23H19NO. The Hall–Kier alpha value is -3.05. The SMILES string of the molecule is CC(C)(C)c1ccc2c(c1)oc1c(-c3ccc(C#N)cc3)cccc12. The molecule has 0 N–H and O–H groups in total. The molecule has 0 saturated carbocycles. The van der Waals surface area contributed by atoms with Crippen molar-refractivity contribution in [3.05, 3.63) is 71.8 Å². The van der Waals surface area contributed by atoms with Crippen LogP contribution in [0.5, 0.6) is 0 Å². The first kappa shape index (κ1) is 15.5. The molecule has 3 aromatic carbocycles. The standard InChI is InChI=1S/C23H19NO/c1-23(2,3)17-11-12-19-20-6-4-5-18(22(20)25-21(19)13-17)16-9-7-15(14-24)8-10-16/h4-13H,1-3H3. The summed E-state index contributed by atoms with van der Waals surface area (Å²) in [5.74, 6) is 0. The van der Waals surface area contributed by atoms with Crippen LogP contribution in [0.4, 0.5) is 0 Å². The minimum atomic E-state index is 0.0864. The third kappa shape index (κ3) is 2.58. The molecule has 0 aliphatic carbocycles. The number of nitrogens with zero attached hydrogens (tertiary/aromatic N) is 1. The van der Waals surface area contributed by atoms with Crippen LogP contribution in [-0.2, 0) is 5.41 Å². The van der Waals surface area contributed by atoms with Crippen LogP contribution in [-0.4, -0.2) is 0 Å². The topological polar surface area (TPSA) is 36.9 Å². The van der Waals surface area contributed by atoms with Crippen molar-refractivity contribution in [2.24, 2.45) is 0 Å². The van der Waals surface area contributed by atoms with Crippen molar-refractivity contribution in [1.82, 2.24) is 0 Å². The van der Waals surface area contributed by atoms with Crippen LogP contribution < -0.4 is 0 Å². The van der Waals surface area contributed by atoms with Crippen LogP contribution in [0.2, 0.25) is 0 Å². The summed E-state index contributed by atoms with van der Waals surface area (Å²) in [6.07, 6.45) is 0. The highest BCUT2D eigenvalue weighted by molar-refractivity contribution is 6.09. The highest BCUT2D eigenvalue weighted by atomic mass is 16.3. The highest BCUT2D eigenvalue weighted by Gasteiger charge is 2.17. The fourth-order valence-electron chi connectivity index (χ4n) is 3.22. The summed E-state index contributed by atoms with van der Waals surface area (Å²) in [7, 11) is 0. The molecule has 0 atom stereocenters. The number of fused-ring (bicyclic) bond motifs is 3. The molecule has 1 aromatic heterocycles. The van der Waals surface area contributed by atoms with Gasteiger partial charge in [0.2, 0.25) is 0 Å². The number of para-hydroxylation sites is 1. The second kappa shape index (κ2) is 5.50. The van der Waals surface area contributed by atoms with Gasteiger partial charge in [0.05, 0.1) is 11.6 Å². The van der Waals surface area contributed by atoms with Gasteiger partial charge in [-0.3, -0.25) is 0 Å². The Kier molecular flexibility index (Phi) is 3.40. The second-order valence-corrected chi connectivity index (χ2v) is 7.43. The van der Waals surface area contributed by atoms with E-state index in [0.717, 1.165) is 33.1 Å². The largest absolute Gasteiger partial charge is 0.455 e. The van der Waals surface area contributed by atoms with E-state index in [4.69, 9.17) is 9.68 Å². The van der Waals surface area contributed by atoms with Gasteiger partial charge >= 0.3 is 0 Å². The van der Waals surface area contributed by atoms with Crippen LogP contribution >= 0.6 is 0 Å². The summed E-state index contributed by atoms with van der Waals surface area (Å²) in [5.41, 5.74) is 5.93. The number of hydrogen-bond acceptors (Lipinski definition) is 2. The molecule has 0 aliphatic rings. The molecule has 0 spiro atoms. The predicted molar refractivity (Wildman–Crippen MR) is 103 cm³/mol. The lowest BCUT2D eigenvalue weighted by Crippen LogP contribution is -2.10. The van der Waals surface area contributed by atoms with Crippen LogP contribution in [0.15, 0.2) is 65.1 Å². The van der Waals surface area contributed by atoms with E-state index in [-0.39, 0.29) is 5.41 Å². The zero-order valence-electron chi connectivity index (χ0n) is 14.6. The molecule has 0 fully saturated rings. The van der Waals surface area contributed by atoms with Gasteiger partial charge in [-0.1, -0.05) is 63.2 Å². The summed E-state index contributed by atoms with van der Waals surface area (Å²) >= 11 is 0. The average molecular weight is 325 g/mol. The average Bonchev–Trinajstić information content (AvgIpc) is 2.99. The maximum atomic E-state index is 8.99. The van der Waals surface area contributed by atoms with Gasteiger partial charge in [0.1, 0.15) is 11.2 Å². The van der Waals surface area contributed by atoms with Gasteiger partial charge in [0.25, 0.3) is 0 Å². The lowest BCUT2D eigenvalue weighted by Gasteiger charge is -2.18. The smallest absolute Gasteiger partial charge is 0.143 e. The van der Waals surface area contributed by atoms with Gasteiger partial charge in [0, 0.05) is 16.3 Å². The molecule has 0 unspecified atom stereocenters. The van der Waals surface area contributed by atoms with Crippen molar-refractivity contribution < 1.29 is 4.42 Å². The van der Waals surface area contributed by atoms with Gasteiger partial charge in [-0.15, -0.1) is 0 Å². The van der Waals surface area contributed by atoms with Crippen molar-refractivity contribution in [3.63, 3.8) is 0 Å². The van der Waals surface area contributed by atoms with Crippen molar-refractivity contribution in [1.29, 1.82) is 5.26 Å². The molecule has 25 heavy (non-hydrogen) atoms. The molecule has 0 bridgehead atoms. The number of rotatable bonds is 1. The van der Waals surface area contributed by atoms with Crippen molar-refractivity contribution in [2.45, 2.75) is 26.2 Å². The Bertz CT molecular complexity index is 1120. The summed E-state index contributed by atoms with van der Waals surface area (Å²) in [6.45, 7) is 6.62. The third-order valence-electron chi connectivity index (χ3n) is 4.69.